The number of anilines is 1. The van der Waals surface area contributed by atoms with Crippen LogP contribution < -0.4 is 11.1 Å². The molecule has 0 saturated carbocycles. The van der Waals surface area contributed by atoms with Crippen LogP contribution in [0.25, 0.3) is 0 Å². The fourth-order valence-corrected chi connectivity index (χ4v) is 2.67. The lowest BCUT2D eigenvalue weighted by Gasteiger charge is -2.14. The van der Waals surface area contributed by atoms with E-state index in [4.69, 9.17) is 5.73 Å². The van der Waals surface area contributed by atoms with Crippen molar-refractivity contribution in [1.29, 1.82) is 0 Å². The van der Waals surface area contributed by atoms with E-state index in [0.717, 1.165) is 26.1 Å². The number of aromatic nitrogens is 2. The fraction of sp³-hybridized carbons (Fsp3) is 0.312. The fourth-order valence-electron chi connectivity index (χ4n) is 2.67. The van der Waals surface area contributed by atoms with Gasteiger partial charge in [0.1, 0.15) is 0 Å². The zero-order chi connectivity index (χ0) is 15.4. The van der Waals surface area contributed by atoms with Crippen LogP contribution in [0.3, 0.4) is 0 Å². The number of nitrogens with two attached hydrogens (primary N) is 1. The van der Waals surface area contributed by atoms with Crippen molar-refractivity contribution < 1.29 is 4.79 Å². The van der Waals surface area contributed by atoms with E-state index in [1.807, 2.05) is 0 Å². The quantitative estimate of drug-likeness (QED) is 0.810. The Morgan fingerprint density at radius 3 is 2.55 bits per heavy atom. The van der Waals surface area contributed by atoms with Crippen molar-refractivity contribution in [2.45, 2.75) is 19.5 Å². The first kappa shape index (κ1) is 14.5. The lowest BCUT2D eigenvalue weighted by Crippen LogP contribution is -2.29. The number of hydrogen-bond acceptors (Lipinski definition) is 5. The van der Waals surface area contributed by atoms with E-state index in [2.05, 4.69) is 44.5 Å². The van der Waals surface area contributed by atoms with Gasteiger partial charge < -0.3 is 11.1 Å². The van der Waals surface area contributed by atoms with Gasteiger partial charge in [-0.2, -0.15) is 0 Å². The smallest absolute Gasteiger partial charge is 0.273 e. The highest BCUT2D eigenvalue weighted by Gasteiger charge is 2.17. The van der Waals surface area contributed by atoms with Crippen molar-refractivity contribution in [2.75, 3.05) is 18.8 Å². The highest BCUT2D eigenvalue weighted by atomic mass is 16.1. The van der Waals surface area contributed by atoms with Gasteiger partial charge in [-0.05, 0) is 17.5 Å². The third-order valence-electron chi connectivity index (χ3n) is 3.78. The van der Waals surface area contributed by atoms with Crippen molar-refractivity contribution in [3.63, 3.8) is 0 Å². The summed E-state index contributed by atoms with van der Waals surface area (Å²) in [6.07, 6.45) is 3.82. The van der Waals surface area contributed by atoms with Gasteiger partial charge in [-0.3, -0.25) is 9.69 Å². The summed E-state index contributed by atoms with van der Waals surface area (Å²) in [5.41, 5.74) is 8.63. The van der Waals surface area contributed by atoms with Gasteiger partial charge in [-0.1, -0.05) is 24.3 Å². The molecule has 0 spiro atoms. The van der Waals surface area contributed by atoms with Crippen LogP contribution in [-0.4, -0.2) is 33.9 Å². The first-order chi connectivity index (χ1) is 10.7. The molecule has 0 bridgehead atoms. The normalized spacial score (nSPS) is 13.8. The molecule has 0 unspecified atom stereocenters. The molecule has 3 N–H and O–H groups in total. The van der Waals surface area contributed by atoms with Crippen LogP contribution in [0.5, 0.6) is 0 Å². The van der Waals surface area contributed by atoms with Gasteiger partial charge >= 0.3 is 0 Å². The number of fused-ring (bicyclic) bond motifs is 1. The molecular formula is C16H19N5O. The minimum atomic E-state index is -0.268. The van der Waals surface area contributed by atoms with Gasteiger partial charge in [0.15, 0.2) is 11.5 Å². The lowest BCUT2D eigenvalue weighted by atomic mass is 10.1. The number of carbonyl (C=O) groups excluding carboxylic acids is 1. The zero-order valence-corrected chi connectivity index (χ0v) is 12.3. The maximum atomic E-state index is 11.9. The summed E-state index contributed by atoms with van der Waals surface area (Å²) < 4.78 is 0. The predicted molar refractivity (Wildman–Crippen MR) is 84.0 cm³/mol. The molecule has 3 rings (SSSR count). The number of amides is 1. The van der Waals surface area contributed by atoms with Crippen molar-refractivity contribution >= 4 is 11.7 Å². The Balaban J connectivity index is 1.42. The molecule has 0 radical (unpaired) electrons. The number of nitrogens with one attached hydrogen (secondary N) is 1. The molecule has 1 aliphatic heterocycles. The van der Waals surface area contributed by atoms with Crippen molar-refractivity contribution in [2.24, 2.45) is 0 Å². The highest BCUT2D eigenvalue weighted by molar-refractivity contribution is 5.96. The Hall–Kier alpha value is -2.47. The van der Waals surface area contributed by atoms with Gasteiger partial charge in [0.05, 0.1) is 0 Å². The molecule has 0 atom stereocenters. The minimum absolute atomic E-state index is 0.162. The number of carbonyl (C=O) groups is 1. The summed E-state index contributed by atoms with van der Waals surface area (Å²) in [5, 5.41) is 2.84. The average Bonchev–Trinajstić information content (AvgIpc) is 2.94. The van der Waals surface area contributed by atoms with E-state index in [9.17, 15) is 4.79 Å². The maximum Gasteiger partial charge on any atom is 0.273 e. The topological polar surface area (TPSA) is 84.1 Å². The number of nitrogens with zero attached hydrogens (tertiary/aromatic N) is 3. The van der Waals surface area contributed by atoms with Gasteiger partial charge in [0, 0.05) is 38.6 Å². The molecule has 1 aromatic heterocycles. The third kappa shape index (κ3) is 3.23. The van der Waals surface area contributed by atoms with Crippen LogP contribution in [0.4, 0.5) is 5.82 Å². The molecule has 2 aromatic rings. The Morgan fingerprint density at radius 2 is 1.86 bits per heavy atom. The summed E-state index contributed by atoms with van der Waals surface area (Å²) in [6, 6.07) is 8.50. The lowest BCUT2D eigenvalue weighted by molar-refractivity contribution is 0.0947. The van der Waals surface area contributed by atoms with Crippen LogP contribution in [-0.2, 0) is 13.1 Å². The summed E-state index contributed by atoms with van der Waals surface area (Å²) in [5.74, 6) is -0.106. The van der Waals surface area contributed by atoms with Gasteiger partial charge in [-0.25, -0.2) is 9.97 Å². The van der Waals surface area contributed by atoms with Gasteiger partial charge in [0.2, 0.25) is 0 Å². The van der Waals surface area contributed by atoms with E-state index in [-0.39, 0.29) is 17.4 Å². The Kier molecular flexibility index (Phi) is 4.29. The predicted octanol–water partition coefficient (Wildman–Crippen LogP) is 1.19. The summed E-state index contributed by atoms with van der Waals surface area (Å²) in [4.78, 5) is 22.1. The van der Waals surface area contributed by atoms with E-state index in [1.54, 1.807) is 0 Å². The first-order valence-electron chi connectivity index (χ1n) is 7.38. The van der Waals surface area contributed by atoms with E-state index < -0.39 is 0 Å². The average molecular weight is 297 g/mol. The van der Waals surface area contributed by atoms with Crippen LogP contribution in [0.1, 0.15) is 28.0 Å². The molecule has 0 saturated heterocycles. The molecule has 1 amide bonds. The third-order valence-corrected chi connectivity index (χ3v) is 3.78. The van der Waals surface area contributed by atoms with Crippen LogP contribution in [0.2, 0.25) is 0 Å². The SMILES string of the molecule is Nc1nccnc1C(=O)NCCCN1Cc2ccccc2C1. The largest absolute Gasteiger partial charge is 0.382 e. The van der Waals surface area contributed by atoms with E-state index in [1.165, 1.54) is 23.5 Å². The van der Waals surface area contributed by atoms with Crippen molar-refractivity contribution in [3.8, 4) is 0 Å². The summed E-state index contributed by atoms with van der Waals surface area (Å²) in [7, 11) is 0. The molecule has 114 valence electrons. The second-order valence-electron chi connectivity index (χ2n) is 5.38. The van der Waals surface area contributed by atoms with Crippen LogP contribution >= 0.6 is 0 Å². The molecule has 1 aliphatic rings. The van der Waals surface area contributed by atoms with Gasteiger partial charge in [-0.15, -0.1) is 0 Å². The molecule has 22 heavy (non-hydrogen) atoms. The van der Waals surface area contributed by atoms with Gasteiger partial charge in [0.25, 0.3) is 5.91 Å². The number of rotatable bonds is 5. The molecule has 0 fully saturated rings. The maximum absolute atomic E-state index is 11.9. The standard InChI is InChI=1S/C16H19N5O/c17-15-14(18-7-8-19-15)16(22)20-6-3-9-21-10-12-4-1-2-5-13(12)11-21/h1-2,4-5,7-8H,3,6,9-11H2,(H2,17,19)(H,20,22). The molecular weight excluding hydrogens is 278 g/mol. The Morgan fingerprint density at radius 1 is 1.18 bits per heavy atom. The van der Waals surface area contributed by atoms with Crippen LogP contribution in [0.15, 0.2) is 36.7 Å². The number of hydrogen-bond donors (Lipinski definition) is 2. The second-order valence-corrected chi connectivity index (χ2v) is 5.38. The summed E-state index contributed by atoms with van der Waals surface area (Å²) in [6.45, 7) is 3.52. The van der Waals surface area contributed by atoms with Crippen molar-refractivity contribution in [3.05, 3.63) is 53.5 Å². The van der Waals surface area contributed by atoms with E-state index >= 15 is 0 Å². The number of nitrogen functional groups attached to an aromatic ring is 1. The summed E-state index contributed by atoms with van der Waals surface area (Å²) >= 11 is 0. The molecule has 1 aromatic carbocycles. The molecule has 0 aliphatic carbocycles. The van der Waals surface area contributed by atoms with E-state index in [0.29, 0.717) is 6.54 Å². The van der Waals surface area contributed by atoms with Crippen molar-refractivity contribution in [1.82, 2.24) is 20.2 Å². The Bertz CT molecular complexity index is 648. The molecule has 6 nitrogen and oxygen atoms in total. The molecule has 2 heterocycles. The highest BCUT2D eigenvalue weighted by Crippen LogP contribution is 2.21. The monoisotopic (exact) mass is 297 g/mol. The van der Waals surface area contributed by atoms with Crippen LogP contribution in [0, 0.1) is 0 Å². The Labute approximate surface area is 129 Å². The molecule has 6 heteroatoms. The minimum Gasteiger partial charge on any atom is -0.382 e. The zero-order valence-electron chi connectivity index (χ0n) is 12.3. The first-order valence-corrected chi connectivity index (χ1v) is 7.38. The number of benzene rings is 1. The second kappa shape index (κ2) is 6.53.